The van der Waals surface area contributed by atoms with Crippen molar-refractivity contribution in [2.75, 3.05) is 0 Å². The summed E-state index contributed by atoms with van der Waals surface area (Å²) < 4.78 is 27.4. The summed E-state index contributed by atoms with van der Waals surface area (Å²) in [4.78, 5) is 0. The molecule has 3 heteroatoms. The van der Waals surface area contributed by atoms with Gasteiger partial charge in [-0.2, -0.15) is 0 Å². The SMILES string of the molecule is OC1(Cc2c(F)cccc2F)CCC2(CCCC2)CC1. The fourth-order valence-corrected chi connectivity index (χ4v) is 4.08. The van der Waals surface area contributed by atoms with Crippen LogP contribution < -0.4 is 0 Å². The van der Waals surface area contributed by atoms with E-state index in [0.717, 1.165) is 12.8 Å². The van der Waals surface area contributed by atoms with Gasteiger partial charge in [0.2, 0.25) is 0 Å². The van der Waals surface area contributed by atoms with E-state index in [9.17, 15) is 13.9 Å². The summed E-state index contributed by atoms with van der Waals surface area (Å²) in [5, 5.41) is 10.7. The van der Waals surface area contributed by atoms with Crippen molar-refractivity contribution in [1.29, 1.82) is 0 Å². The molecule has 20 heavy (non-hydrogen) atoms. The van der Waals surface area contributed by atoms with Gasteiger partial charge in [-0.3, -0.25) is 0 Å². The highest BCUT2D eigenvalue weighted by atomic mass is 19.1. The average molecular weight is 280 g/mol. The van der Waals surface area contributed by atoms with Crippen LogP contribution in [0.15, 0.2) is 18.2 Å². The number of halogens is 2. The Hall–Kier alpha value is -0.960. The molecule has 0 unspecified atom stereocenters. The van der Waals surface area contributed by atoms with E-state index in [1.165, 1.54) is 43.9 Å². The smallest absolute Gasteiger partial charge is 0.129 e. The summed E-state index contributed by atoms with van der Waals surface area (Å²) in [6, 6.07) is 3.90. The predicted molar refractivity (Wildman–Crippen MR) is 74.4 cm³/mol. The molecule has 0 heterocycles. The molecule has 0 aliphatic heterocycles. The first-order chi connectivity index (χ1) is 9.52. The fraction of sp³-hybridized carbons (Fsp3) is 0.647. The van der Waals surface area contributed by atoms with Gasteiger partial charge in [-0.15, -0.1) is 0 Å². The van der Waals surface area contributed by atoms with Crippen LogP contribution in [0.4, 0.5) is 8.78 Å². The summed E-state index contributed by atoms with van der Waals surface area (Å²) in [7, 11) is 0. The molecule has 2 fully saturated rings. The Morgan fingerprint density at radius 1 is 0.900 bits per heavy atom. The summed E-state index contributed by atoms with van der Waals surface area (Å²) in [5.41, 5.74) is -0.478. The van der Waals surface area contributed by atoms with Crippen LogP contribution >= 0.6 is 0 Å². The third kappa shape index (κ3) is 2.60. The van der Waals surface area contributed by atoms with Crippen LogP contribution in [0.3, 0.4) is 0 Å². The highest BCUT2D eigenvalue weighted by Gasteiger charge is 2.43. The van der Waals surface area contributed by atoms with Gasteiger partial charge in [-0.25, -0.2) is 8.78 Å². The number of aliphatic hydroxyl groups is 1. The van der Waals surface area contributed by atoms with E-state index in [1.807, 2.05) is 0 Å². The first-order valence-corrected chi connectivity index (χ1v) is 7.67. The molecule has 0 amide bonds. The van der Waals surface area contributed by atoms with Crippen LogP contribution in [0.1, 0.15) is 56.9 Å². The van der Waals surface area contributed by atoms with Crippen LogP contribution in [0.5, 0.6) is 0 Å². The Labute approximate surface area is 119 Å². The molecule has 1 aromatic carbocycles. The lowest BCUT2D eigenvalue weighted by Gasteiger charge is -2.42. The maximum atomic E-state index is 13.7. The Bertz CT molecular complexity index is 462. The fourth-order valence-electron chi connectivity index (χ4n) is 4.08. The summed E-state index contributed by atoms with van der Waals surface area (Å²) >= 11 is 0. The molecule has 2 saturated carbocycles. The first kappa shape index (κ1) is 14.0. The Kier molecular flexibility index (Phi) is 3.57. The number of hydrogen-bond donors (Lipinski definition) is 1. The minimum Gasteiger partial charge on any atom is -0.390 e. The van der Waals surface area contributed by atoms with Crippen molar-refractivity contribution in [2.45, 2.75) is 63.4 Å². The highest BCUT2D eigenvalue weighted by molar-refractivity contribution is 5.22. The Balaban J connectivity index is 1.72. The molecule has 2 aliphatic carbocycles. The molecule has 1 aromatic rings. The minimum absolute atomic E-state index is 0.0392. The van der Waals surface area contributed by atoms with Crippen molar-refractivity contribution >= 4 is 0 Å². The molecule has 3 rings (SSSR count). The van der Waals surface area contributed by atoms with E-state index in [1.54, 1.807) is 0 Å². The molecule has 0 bridgehead atoms. The van der Waals surface area contributed by atoms with Crippen molar-refractivity contribution in [3.05, 3.63) is 35.4 Å². The molecule has 110 valence electrons. The zero-order valence-corrected chi connectivity index (χ0v) is 11.8. The standard InChI is InChI=1S/C17H22F2O/c18-14-4-3-5-15(19)13(14)12-17(20)10-8-16(9-11-17)6-1-2-7-16/h3-5,20H,1-2,6-12H2. The molecular formula is C17H22F2O. The van der Waals surface area contributed by atoms with E-state index in [2.05, 4.69) is 0 Å². The van der Waals surface area contributed by atoms with Crippen LogP contribution in [-0.2, 0) is 6.42 Å². The maximum absolute atomic E-state index is 13.7. The van der Waals surface area contributed by atoms with Gasteiger partial charge in [-0.05, 0) is 56.1 Å². The molecule has 1 N–H and O–H groups in total. The second-order valence-corrected chi connectivity index (χ2v) is 6.81. The van der Waals surface area contributed by atoms with Gasteiger partial charge in [0.1, 0.15) is 11.6 Å². The van der Waals surface area contributed by atoms with Gasteiger partial charge in [-0.1, -0.05) is 18.9 Å². The van der Waals surface area contributed by atoms with Crippen LogP contribution in [-0.4, -0.2) is 10.7 Å². The molecule has 0 aromatic heterocycles. The van der Waals surface area contributed by atoms with Crippen molar-refractivity contribution in [1.82, 2.24) is 0 Å². The van der Waals surface area contributed by atoms with E-state index < -0.39 is 17.2 Å². The van der Waals surface area contributed by atoms with Gasteiger partial charge in [0.05, 0.1) is 5.60 Å². The van der Waals surface area contributed by atoms with Gasteiger partial charge in [0.15, 0.2) is 0 Å². The van der Waals surface area contributed by atoms with Gasteiger partial charge in [0.25, 0.3) is 0 Å². The second kappa shape index (κ2) is 5.10. The van der Waals surface area contributed by atoms with Gasteiger partial charge in [0, 0.05) is 12.0 Å². The Morgan fingerprint density at radius 3 is 2.00 bits per heavy atom. The van der Waals surface area contributed by atoms with Gasteiger partial charge < -0.3 is 5.11 Å². The van der Waals surface area contributed by atoms with Crippen molar-refractivity contribution in [3.63, 3.8) is 0 Å². The summed E-state index contributed by atoms with van der Waals surface area (Å²) in [6.45, 7) is 0. The van der Waals surface area contributed by atoms with Crippen molar-refractivity contribution in [2.24, 2.45) is 5.41 Å². The maximum Gasteiger partial charge on any atom is 0.129 e. The molecule has 0 radical (unpaired) electrons. The topological polar surface area (TPSA) is 20.2 Å². The first-order valence-electron chi connectivity index (χ1n) is 7.67. The summed E-state index contributed by atoms with van der Waals surface area (Å²) in [5.74, 6) is -1.08. The highest BCUT2D eigenvalue weighted by Crippen LogP contribution is 2.51. The number of benzene rings is 1. The van der Waals surface area contributed by atoms with Crippen LogP contribution in [0, 0.1) is 17.0 Å². The average Bonchev–Trinajstić information content (AvgIpc) is 2.88. The van der Waals surface area contributed by atoms with Crippen LogP contribution in [0.2, 0.25) is 0 Å². The zero-order valence-electron chi connectivity index (χ0n) is 11.8. The number of hydrogen-bond acceptors (Lipinski definition) is 1. The molecular weight excluding hydrogens is 258 g/mol. The normalized spacial score (nSPS) is 24.1. The quantitative estimate of drug-likeness (QED) is 0.852. The molecule has 1 nitrogen and oxygen atoms in total. The molecule has 2 aliphatic rings. The minimum atomic E-state index is -0.934. The lowest BCUT2D eigenvalue weighted by Crippen LogP contribution is -2.40. The zero-order chi connectivity index (χ0) is 14.2. The van der Waals surface area contributed by atoms with E-state index in [0.29, 0.717) is 18.3 Å². The largest absolute Gasteiger partial charge is 0.390 e. The monoisotopic (exact) mass is 280 g/mol. The van der Waals surface area contributed by atoms with Crippen molar-refractivity contribution in [3.8, 4) is 0 Å². The molecule has 0 atom stereocenters. The molecule has 1 spiro atoms. The third-order valence-electron chi connectivity index (χ3n) is 5.47. The van der Waals surface area contributed by atoms with Gasteiger partial charge >= 0.3 is 0 Å². The van der Waals surface area contributed by atoms with Crippen LogP contribution in [0.25, 0.3) is 0 Å². The van der Waals surface area contributed by atoms with E-state index in [4.69, 9.17) is 0 Å². The third-order valence-corrected chi connectivity index (χ3v) is 5.47. The number of rotatable bonds is 2. The lowest BCUT2D eigenvalue weighted by molar-refractivity contribution is -0.0332. The van der Waals surface area contributed by atoms with Crippen molar-refractivity contribution < 1.29 is 13.9 Å². The predicted octanol–water partition coefficient (Wildman–Crippen LogP) is 4.37. The Morgan fingerprint density at radius 2 is 1.45 bits per heavy atom. The lowest BCUT2D eigenvalue weighted by atomic mass is 9.66. The second-order valence-electron chi connectivity index (χ2n) is 6.81. The molecule has 0 saturated heterocycles. The van der Waals surface area contributed by atoms with E-state index >= 15 is 0 Å². The van der Waals surface area contributed by atoms with E-state index in [-0.39, 0.29) is 12.0 Å². The summed E-state index contributed by atoms with van der Waals surface area (Å²) in [6.07, 6.45) is 8.54.